The van der Waals surface area contributed by atoms with Crippen molar-refractivity contribution >= 4 is 39.6 Å². The van der Waals surface area contributed by atoms with Gasteiger partial charge < -0.3 is 11.2 Å². The fraction of sp³-hybridized carbons (Fsp3) is 0.111. The molecule has 0 aliphatic rings. The number of urea groups is 1. The van der Waals surface area contributed by atoms with Crippen molar-refractivity contribution in [1.29, 1.82) is 0 Å². The van der Waals surface area contributed by atoms with Crippen LogP contribution in [0.5, 0.6) is 0 Å². The average molecular weight is 461 g/mol. The summed E-state index contributed by atoms with van der Waals surface area (Å²) >= 11 is 4.58. The van der Waals surface area contributed by atoms with Gasteiger partial charge in [0.25, 0.3) is 0 Å². The van der Waals surface area contributed by atoms with Crippen molar-refractivity contribution < 1.29 is 9.59 Å². The number of carbonyl (C=O) groups is 2. The molecule has 0 aliphatic carbocycles. The molecule has 0 fully saturated rings. The average Bonchev–Trinajstić information content (AvgIpc) is 3.07. The second-order valence-electron chi connectivity index (χ2n) is 5.63. The number of aromatic nitrogens is 3. The Kier molecular flexibility index (Phi) is 6.32. The van der Waals surface area contributed by atoms with Crippen molar-refractivity contribution in [3.63, 3.8) is 0 Å². The van der Waals surface area contributed by atoms with Crippen LogP contribution >= 0.6 is 27.7 Å². The summed E-state index contributed by atoms with van der Waals surface area (Å²) in [4.78, 5) is 24.2. The standard InChI is InChI=1S/C18H17BrN6O2S/c1-21-17(27)22-16(26)14(11-7-3-2-4-8-11)28-18-24-23-15(25(18)20)12-9-5-6-10-13(12)19/h2-10,14H,20H2,1H3,(H2,21,22,26,27). The molecule has 3 aromatic rings. The van der Waals surface area contributed by atoms with Crippen molar-refractivity contribution in [2.24, 2.45) is 0 Å². The molecule has 0 aliphatic heterocycles. The van der Waals surface area contributed by atoms with Gasteiger partial charge in [0.15, 0.2) is 5.82 Å². The molecule has 1 atom stereocenters. The van der Waals surface area contributed by atoms with Gasteiger partial charge >= 0.3 is 6.03 Å². The normalized spacial score (nSPS) is 11.6. The van der Waals surface area contributed by atoms with Gasteiger partial charge in [-0.15, -0.1) is 10.2 Å². The molecule has 144 valence electrons. The van der Waals surface area contributed by atoms with Gasteiger partial charge in [-0.05, 0) is 17.7 Å². The van der Waals surface area contributed by atoms with E-state index >= 15 is 0 Å². The smallest absolute Gasteiger partial charge is 0.321 e. The summed E-state index contributed by atoms with van der Waals surface area (Å²) in [5.41, 5.74) is 1.48. The van der Waals surface area contributed by atoms with Gasteiger partial charge in [0, 0.05) is 17.1 Å². The Labute approximate surface area is 174 Å². The van der Waals surface area contributed by atoms with Crippen LogP contribution in [0.1, 0.15) is 10.8 Å². The summed E-state index contributed by atoms with van der Waals surface area (Å²) in [5.74, 6) is 6.16. The number of hydrogen-bond acceptors (Lipinski definition) is 6. The molecule has 2 aromatic carbocycles. The Morgan fingerprint density at radius 1 is 1.11 bits per heavy atom. The van der Waals surface area contributed by atoms with E-state index in [4.69, 9.17) is 5.84 Å². The number of nitrogens with two attached hydrogens (primary N) is 1. The van der Waals surface area contributed by atoms with E-state index in [1.165, 1.54) is 11.7 Å². The van der Waals surface area contributed by atoms with Crippen LogP contribution in [0.25, 0.3) is 11.4 Å². The summed E-state index contributed by atoms with van der Waals surface area (Å²) in [6.45, 7) is 0. The molecule has 28 heavy (non-hydrogen) atoms. The van der Waals surface area contributed by atoms with E-state index in [0.717, 1.165) is 21.8 Å². The Morgan fingerprint density at radius 3 is 2.46 bits per heavy atom. The van der Waals surface area contributed by atoms with Crippen LogP contribution in [0.3, 0.4) is 0 Å². The number of benzene rings is 2. The first kappa shape index (κ1) is 19.9. The molecule has 1 unspecified atom stereocenters. The highest BCUT2D eigenvalue weighted by atomic mass is 79.9. The number of nitrogen functional groups attached to an aromatic ring is 1. The van der Waals surface area contributed by atoms with Gasteiger partial charge in [-0.3, -0.25) is 10.1 Å². The number of nitrogens with one attached hydrogen (secondary N) is 2. The van der Waals surface area contributed by atoms with Crippen LogP contribution in [0.2, 0.25) is 0 Å². The predicted molar refractivity (Wildman–Crippen MR) is 111 cm³/mol. The van der Waals surface area contributed by atoms with E-state index in [1.807, 2.05) is 42.5 Å². The molecule has 1 aromatic heterocycles. The molecular formula is C18H17BrN6O2S. The van der Waals surface area contributed by atoms with Crippen LogP contribution in [0.15, 0.2) is 64.2 Å². The zero-order valence-electron chi connectivity index (χ0n) is 14.8. The fourth-order valence-electron chi connectivity index (χ4n) is 2.43. The zero-order valence-corrected chi connectivity index (χ0v) is 17.2. The summed E-state index contributed by atoms with van der Waals surface area (Å²) in [5, 5.41) is 12.6. The van der Waals surface area contributed by atoms with Crippen LogP contribution in [-0.4, -0.2) is 33.9 Å². The zero-order chi connectivity index (χ0) is 20.1. The van der Waals surface area contributed by atoms with E-state index in [2.05, 4.69) is 36.8 Å². The minimum Gasteiger partial charge on any atom is -0.341 e. The molecule has 8 nitrogen and oxygen atoms in total. The maximum Gasteiger partial charge on any atom is 0.321 e. The number of amides is 3. The molecule has 10 heteroatoms. The van der Waals surface area contributed by atoms with E-state index in [9.17, 15) is 9.59 Å². The van der Waals surface area contributed by atoms with Crippen LogP contribution < -0.4 is 16.5 Å². The number of carbonyl (C=O) groups excluding carboxylic acids is 2. The third kappa shape index (κ3) is 4.34. The number of hydrogen-bond donors (Lipinski definition) is 3. The molecule has 0 spiro atoms. The number of thioether (sulfide) groups is 1. The summed E-state index contributed by atoms with van der Waals surface area (Å²) in [6.07, 6.45) is 0. The first-order chi connectivity index (χ1) is 13.5. The summed E-state index contributed by atoms with van der Waals surface area (Å²) in [6, 6.07) is 16.0. The van der Waals surface area contributed by atoms with Crippen molar-refractivity contribution in [2.75, 3.05) is 12.9 Å². The van der Waals surface area contributed by atoms with Gasteiger partial charge in [0.1, 0.15) is 5.25 Å². The third-order valence-electron chi connectivity index (χ3n) is 3.81. The molecular weight excluding hydrogens is 444 g/mol. The minimum absolute atomic E-state index is 0.340. The highest BCUT2D eigenvalue weighted by Gasteiger charge is 2.27. The molecule has 3 rings (SSSR count). The molecule has 0 radical (unpaired) electrons. The van der Waals surface area contributed by atoms with Crippen molar-refractivity contribution in [3.05, 3.63) is 64.6 Å². The molecule has 0 saturated heterocycles. The second-order valence-corrected chi connectivity index (χ2v) is 7.56. The molecule has 0 bridgehead atoms. The lowest BCUT2D eigenvalue weighted by atomic mass is 10.1. The molecule has 0 saturated carbocycles. The van der Waals surface area contributed by atoms with E-state index < -0.39 is 17.2 Å². The number of rotatable bonds is 5. The van der Waals surface area contributed by atoms with Crippen LogP contribution in [0.4, 0.5) is 4.79 Å². The first-order valence-corrected chi connectivity index (χ1v) is 9.88. The largest absolute Gasteiger partial charge is 0.341 e. The lowest BCUT2D eigenvalue weighted by molar-refractivity contribution is -0.119. The highest BCUT2D eigenvalue weighted by molar-refractivity contribution is 9.10. The maximum atomic E-state index is 12.7. The van der Waals surface area contributed by atoms with Crippen LogP contribution in [0, 0.1) is 0 Å². The number of halogens is 1. The summed E-state index contributed by atoms with van der Waals surface area (Å²) < 4.78 is 2.15. The minimum atomic E-state index is -0.739. The van der Waals surface area contributed by atoms with Crippen molar-refractivity contribution in [1.82, 2.24) is 25.5 Å². The van der Waals surface area contributed by atoms with Gasteiger partial charge in [-0.2, -0.15) is 0 Å². The quantitative estimate of drug-likeness (QED) is 0.398. The van der Waals surface area contributed by atoms with Gasteiger partial charge in [-0.25, -0.2) is 9.47 Å². The van der Waals surface area contributed by atoms with Gasteiger partial charge in [-0.1, -0.05) is 70.2 Å². The lowest BCUT2D eigenvalue weighted by Crippen LogP contribution is -2.39. The second kappa shape index (κ2) is 8.89. The van der Waals surface area contributed by atoms with Crippen molar-refractivity contribution in [2.45, 2.75) is 10.4 Å². The predicted octanol–water partition coefficient (Wildman–Crippen LogP) is 2.71. The molecule has 3 amide bonds. The van der Waals surface area contributed by atoms with E-state index in [1.54, 1.807) is 12.1 Å². The SMILES string of the molecule is CNC(=O)NC(=O)C(Sc1nnc(-c2ccccc2Br)n1N)c1ccccc1. The molecule has 4 N–H and O–H groups in total. The van der Waals surface area contributed by atoms with Gasteiger partial charge in [0.05, 0.1) is 0 Å². The van der Waals surface area contributed by atoms with E-state index in [-0.39, 0.29) is 0 Å². The van der Waals surface area contributed by atoms with Gasteiger partial charge in [0.2, 0.25) is 11.1 Å². The Morgan fingerprint density at radius 2 is 1.79 bits per heavy atom. The maximum absolute atomic E-state index is 12.7. The van der Waals surface area contributed by atoms with E-state index in [0.29, 0.717) is 16.5 Å². The third-order valence-corrected chi connectivity index (χ3v) is 5.71. The number of imide groups is 1. The van der Waals surface area contributed by atoms with Crippen LogP contribution in [-0.2, 0) is 4.79 Å². The Hall–Kier alpha value is -2.85. The lowest BCUT2D eigenvalue weighted by Gasteiger charge is -2.15. The van der Waals surface area contributed by atoms with Crippen molar-refractivity contribution in [3.8, 4) is 11.4 Å². The highest BCUT2D eigenvalue weighted by Crippen LogP contribution is 2.36. The topological polar surface area (TPSA) is 115 Å². The monoisotopic (exact) mass is 460 g/mol. The summed E-state index contributed by atoms with van der Waals surface area (Å²) in [7, 11) is 1.44. The Balaban J connectivity index is 1.92. The Bertz CT molecular complexity index is 995. The molecule has 1 heterocycles. The number of nitrogens with zero attached hydrogens (tertiary/aromatic N) is 3. The fourth-order valence-corrected chi connectivity index (χ4v) is 3.85. The first-order valence-electron chi connectivity index (χ1n) is 8.21.